The highest BCUT2D eigenvalue weighted by Gasteiger charge is 2.37. The summed E-state index contributed by atoms with van der Waals surface area (Å²) in [6, 6.07) is 0.187. The minimum Gasteiger partial charge on any atom is -0.379 e. The van der Waals surface area contributed by atoms with E-state index in [1.54, 1.807) is 0 Å². The van der Waals surface area contributed by atoms with Gasteiger partial charge in [0, 0.05) is 31.1 Å². The Hall–Kier alpha value is -0.650. The van der Waals surface area contributed by atoms with E-state index in [4.69, 9.17) is 4.74 Å². The largest absolute Gasteiger partial charge is 0.379 e. The molecule has 2 aliphatic heterocycles. The topological polar surface area (TPSA) is 53.6 Å². The Labute approximate surface area is 128 Å². The summed E-state index contributed by atoms with van der Waals surface area (Å²) in [7, 11) is 0. The molecule has 5 heteroatoms. The van der Waals surface area contributed by atoms with E-state index < -0.39 is 0 Å². The zero-order valence-electron chi connectivity index (χ0n) is 13.8. The van der Waals surface area contributed by atoms with Crippen molar-refractivity contribution < 1.29 is 9.53 Å². The Balaban J connectivity index is 1.80. The van der Waals surface area contributed by atoms with Crippen LogP contribution in [0.3, 0.4) is 0 Å². The summed E-state index contributed by atoms with van der Waals surface area (Å²) >= 11 is 0. The number of nitrogens with one attached hydrogen (secondary N) is 2. The summed E-state index contributed by atoms with van der Waals surface area (Å²) in [6.07, 6.45) is 2.32. The molecule has 122 valence electrons. The van der Waals surface area contributed by atoms with Crippen molar-refractivity contribution in [2.24, 2.45) is 11.3 Å². The molecule has 2 rings (SSSR count). The Bertz CT molecular complexity index is 334. The van der Waals surface area contributed by atoms with Gasteiger partial charge in [0.1, 0.15) is 0 Å². The molecule has 2 heterocycles. The summed E-state index contributed by atoms with van der Waals surface area (Å²) in [5, 5.41) is 6.63. The monoisotopic (exact) mass is 297 g/mol. The van der Waals surface area contributed by atoms with Crippen LogP contribution in [0.15, 0.2) is 0 Å². The quantitative estimate of drug-likeness (QED) is 0.790. The fourth-order valence-electron chi connectivity index (χ4n) is 3.28. The molecule has 0 aliphatic carbocycles. The van der Waals surface area contributed by atoms with Crippen molar-refractivity contribution in [1.82, 2.24) is 15.5 Å². The van der Waals surface area contributed by atoms with E-state index in [2.05, 4.69) is 36.3 Å². The molecule has 2 aliphatic rings. The second-order valence-electron chi connectivity index (χ2n) is 7.05. The molecule has 1 amide bonds. The highest BCUT2D eigenvalue weighted by atomic mass is 16.5. The molecule has 0 spiro atoms. The van der Waals surface area contributed by atoms with Crippen molar-refractivity contribution in [2.75, 3.05) is 45.9 Å². The van der Waals surface area contributed by atoms with Crippen LogP contribution in [-0.2, 0) is 9.53 Å². The average Bonchev–Trinajstić information content (AvgIpc) is 2.49. The number of rotatable bonds is 5. The third-order valence-electron chi connectivity index (χ3n) is 4.92. The van der Waals surface area contributed by atoms with Gasteiger partial charge in [0.25, 0.3) is 0 Å². The van der Waals surface area contributed by atoms with Crippen molar-refractivity contribution in [3.8, 4) is 0 Å². The number of morpholine rings is 1. The first-order valence-corrected chi connectivity index (χ1v) is 8.32. The number of carbonyl (C=O) groups excluding carboxylic acids is 1. The fraction of sp³-hybridized carbons (Fsp3) is 0.938. The van der Waals surface area contributed by atoms with Gasteiger partial charge in [0.05, 0.1) is 13.2 Å². The fourth-order valence-corrected chi connectivity index (χ4v) is 3.28. The highest BCUT2D eigenvalue weighted by molar-refractivity contribution is 5.82. The van der Waals surface area contributed by atoms with Crippen LogP contribution in [0.4, 0.5) is 0 Å². The lowest BCUT2D eigenvalue weighted by atomic mass is 9.74. The van der Waals surface area contributed by atoms with E-state index in [1.165, 1.54) is 6.42 Å². The molecule has 2 unspecified atom stereocenters. The molecule has 0 radical (unpaired) electrons. The normalized spacial score (nSPS) is 26.3. The molecule has 2 saturated heterocycles. The maximum Gasteiger partial charge on any atom is 0.226 e. The van der Waals surface area contributed by atoms with Crippen LogP contribution < -0.4 is 10.6 Å². The maximum absolute atomic E-state index is 12.6. The number of hydrogen-bond acceptors (Lipinski definition) is 4. The van der Waals surface area contributed by atoms with E-state index in [-0.39, 0.29) is 17.4 Å². The lowest BCUT2D eigenvalue weighted by molar-refractivity contribution is -0.133. The summed E-state index contributed by atoms with van der Waals surface area (Å²) in [5.41, 5.74) is -0.299. The molecule has 0 saturated carbocycles. The van der Waals surface area contributed by atoms with Gasteiger partial charge >= 0.3 is 0 Å². The Morgan fingerprint density at radius 1 is 1.43 bits per heavy atom. The number of piperidine rings is 1. The standard InChI is InChI=1S/C16H31N3O2/c1-13(12-19-7-9-21-10-8-19)18-15(20)16(2,3)14-5-4-6-17-11-14/h13-14,17H,4-12H2,1-3H3,(H,18,20). The summed E-state index contributed by atoms with van der Waals surface area (Å²) in [6.45, 7) is 12.8. The molecule has 0 aromatic carbocycles. The summed E-state index contributed by atoms with van der Waals surface area (Å²) in [5.74, 6) is 0.624. The molecule has 2 N–H and O–H groups in total. The van der Waals surface area contributed by atoms with Crippen LogP contribution in [0.5, 0.6) is 0 Å². The van der Waals surface area contributed by atoms with E-state index >= 15 is 0 Å². The summed E-state index contributed by atoms with van der Waals surface area (Å²) in [4.78, 5) is 15.0. The minimum atomic E-state index is -0.299. The molecular formula is C16H31N3O2. The van der Waals surface area contributed by atoms with Crippen LogP contribution in [0, 0.1) is 11.3 Å². The third kappa shape index (κ3) is 4.66. The molecule has 0 aromatic heterocycles. The van der Waals surface area contributed by atoms with Crippen LogP contribution in [0.25, 0.3) is 0 Å². The van der Waals surface area contributed by atoms with Gasteiger partial charge in [-0.05, 0) is 38.8 Å². The van der Waals surface area contributed by atoms with Crippen LogP contribution in [0.1, 0.15) is 33.6 Å². The molecule has 0 bridgehead atoms. The van der Waals surface area contributed by atoms with Gasteiger partial charge in [0.2, 0.25) is 5.91 Å². The van der Waals surface area contributed by atoms with Crippen molar-refractivity contribution in [3.63, 3.8) is 0 Å². The van der Waals surface area contributed by atoms with E-state index in [0.717, 1.165) is 52.4 Å². The number of ether oxygens (including phenoxy) is 1. The van der Waals surface area contributed by atoms with Crippen LogP contribution >= 0.6 is 0 Å². The Morgan fingerprint density at radius 3 is 2.76 bits per heavy atom. The van der Waals surface area contributed by atoms with Crippen molar-refractivity contribution in [3.05, 3.63) is 0 Å². The maximum atomic E-state index is 12.6. The van der Waals surface area contributed by atoms with Crippen LogP contribution in [0.2, 0.25) is 0 Å². The van der Waals surface area contributed by atoms with Gasteiger partial charge < -0.3 is 15.4 Å². The van der Waals surface area contributed by atoms with Gasteiger partial charge in [-0.2, -0.15) is 0 Å². The Kier molecular flexibility index (Phi) is 6.02. The second kappa shape index (κ2) is 7.56. The lowest BCUT2D eigenvalue weighted by Gasteiger charge is -2.37. The smallest absolute Gasteiger partial charge is 0.226 e. The molecule has 21 heavy (non-hydrogen) atoms. The Morgan fingerprint density at radius 2 is 2.14 bits per heavy atom. The molecule has 2 fully saturated rings. The van der Waals surface area contributed by atoms with Gasteiger partial charge in [-0.1, -0.05) is 13.8 Å². The second-order valence-corrected chi connectivity index (χ2v) is 7.05. The van der Waals surface area contributed by atoms with E-state index in [9.17, 15) is 4.79 Å². The van der Waals surface area contributed by atoms with Crippen LogP contribution in [-0.4, -0.2) is 62.8 Å². The first-order valence-electron chi connectivity index (χ1n) is 8.32. The van der Waals surface area contributed by atoms with Gasteiger partial charge in [-0.3, -0.25) is 9.69 Å². The minimum absolute atomic E-state index is 0.187. The van der Waals surface area contributed by atoms with Gasteiger partial charge in [0.15, 0.2) is 0 Å². The lowest BCUT2D eigenvalue weighted by Crippen LogP contribution is -2.52. The number of nitrogens with zero attached hydrogens (tertiary/aromatic N) is 1. The highest BCUT2D eigenvalue weighted by Crippen LogP contribution is 2.32. The first-order chi connectivity index (χ1) is 10.00. The summed E-state index contributed by atoms with van der Waals surface area (Å²) < 4.78 is 5.36. The molecular weight excluding hydrogens is 266 g/mol. The van der Waals surface area contributed by atoms with Crippen molar-refractivity contribution >= 4 is 5.91 Å². The average molecular weight is 297 g/mol. The molecule has 5 nitrogen and oxygen atoms in total. The molecule has 2 atom stereocenters. The third-order valence-corrected chi connectivity index (χ3v) is 4.92. The number of amides is 1. The van der Waals surface area contributed by atoms with E-state index in [0.29, 0.717) is 5.92 Å². The zero-order chi connectivity index (χ0) is 15.3. The van der Waals surface area contributed by atoms with Gasteiger partial charge in [-0.15, -0.1) is 0 Å². The van der Waals surface area contributed by atoms with Gasteiger partial charge in [-0.25, -0.2) is 0 Å². The van der Waals surface area contributed by atoms with Crippen molar-refractivity contribution in [2.45, 2.75) is 39.7 Å². The van der Waals surface area contributed by atoms with E-state index in [1.807, 2.05) is 0 Å². The van der Waals surface area contributed by atoms with Crippen molar-refractivity contribution in [1.29, 1.82) is 0 Å². The SMILES string of the molecule is CC(CN1CCOCC1)NC(=O)C(C)(C)C1CCCNC1. The molecule has 0 aromatic rings. The predicted octanol–water partition coefficient (Wildman–Crippen LogP) is 0.849. The first kappa shape index (κ1) is 16.7. The predicted molar refractivity (Wildman–Crippen MR) is 84.2 cm³/mol. The number of hydrogen-bond donors (Lipinski definition) is 2. The zero-order valence-corrected chi connectivity index (χ0v) is 13.8. The number of carbonyl (C=O) groups is 1.